The zero-order chi connectivity index (χ0) is 35.3. The summed E-state index contributed by atoms with van der Waals surface area (Å²) in [6, 6.07) is -3.68. The van der Waals surface area contributed by atoms with E-state index >= 15 is 0 Å². The fourth-order valence-corrected chi connectivity index (χ4v) is 7.87. The summed E-state index contributed by atoms with van der Waals surface area (Å²) in [7, 11) is 0. The summed E-state index contributed by atoms with van der Waals surface area (Å²) >= 11 is 0. The Labute approximate surface area is 288 Å². The first kappa shape index (κ1) is 36.4. The van der Waals surface area contributed by atoms with E-state index < -0.39 is 59.0 Å². The lowest BCUT2D eigenvalue weighted by Crippen LogP contribution is -2.62. The number of nitrogens with zero attached hydrogens (tertiary/aromatic N) is 3. The largest absolute Gasteiger partial charge is 0.347 e. The van der Waals surface area contributed by atoms with Crippen molar-refractivity contribution in [1.82, 2.24) is 36.1 Å². The number of rotatable bonds is 13. The monoisotopic (exact) mass is 679 g/mol. The van der Waals surface area contributed by atoms with Gasteiger partial charge < -0.3 is 26.2 Å². The van der Waals surface area contributed by atoms with Crippen LogP contribution < -0.4 is 21.3 Å². The van der Waals surface area contributed by atoms with Crippen LogP contribution in [0.15, 0.2) is 18.6 Å². The molecular weight excluding hydrogens is 626 g/mol. The van der Waals surface area contributed by atoms with Gasteiger partial charge in [-0.25, -0.2) is 4.98 Å². The lowest BCUT2D eigenvalue weighted by Gasteiger charge is -2.38. The van der Waals surface area contributed by atoms with Crippen molar-refractivity contribution < 1.29 is 28.8 Å². The van der Waals surface area contributed by atoms with Crippen molar-refractivity contribution in [3.05, 3.63) is 24.3 Å². The van der Waals surface area contributed by atoms with Crippen LogP contribution in [-0.2, 0) is 24.0 Å². The molecule has 1 aliphatic heterocycles. The molecule has 268 valence electrons. The molecule has 6 atom stereocenters. The van der Waals surface area contributed by atoms with Gasteiger partial charge in [0.2, 0.25) is 23.5 Å². The molecule has 5 amide bonds. The van der Waals surface area contributed by atoms with Crippen LogP contribution in [0, 0.1) is 23.2 Å². The van der Waals surface area contributed by atoms with E-state index in [1.54, 1.807) is 4.90 Å². The van der Waals surface area contributed by atoms with Gasteiger partial charge in [-0.2, -0.15) is 0 Å². The quantitative estimate of drug-likeness (QED) is 0.230. The molecule has 2 heterocycles. The van der Waals surface area contributed by atoms with Crippen LogP contribution in [0.1, 0.15) is 115 Å². The van der Waals surface area contributed by atoms with Crippen LogP contribution in [-0.4, -0.2) is 86.9 Å². The number of hydrogen-bond donors (Lipinski definition) is 4. The topological polar surface area (TPSA) is 180 Å². The van der Waals surface area contributed by atoms with Gasteiger partial charge in [0.15, 0.2) is 0 Å². The number of aromatic nitrogens is 2. The second-order valence-corrected chi connectivity index (χ2v) is 15.5. The van der Waals surface area contributed by atoms with Crippen LogP contribution in [0.2, 0.25) is 0 Å². The zero-order valence-corrected chi connectivity index (χ0v) is 29.3. The van der Waals surface area contributed by atoms with Crippen LogP contribution in [0.4, 0.5) is 0 Å². The SMILES string of the molecule is CCC[C@@H](NC(=O)[C@H]1[C@H]2CCC[C@H]2CN1C(=O)[C@@H](NC(=O)[C@@H](NC(=O)c1cnccn1)C1CCCCC1)C(C)(C)C)C(=O)C(=O)NC1CC1. The fourth-order valence-electron chi connectivity index (χ4n) is 7.87. The minimum Gasteiger partial charge on any atom is -0.347 e. The summed E-state index contributed by atoms with van der Waals surface area (Å²) < 4.78 is 0. The molecule has 5 rings (SSSR count). The van der Waals surface area contributed by atoms with Gasteiger partial charge in [-0.05, 0) is 68.1 Å². The standard InChI is InChI=1S/C36H53N7O6/c1-5-10-25(29(44)34(48)39-23-15-16-23)40-33(47)28-24-14-9-13-22(24)20-43(28)35(49)30(36(2,3)4)42-32(46)27(21-11-7-6-8-12-21)41-31(45)26-19-37-17-18-38-26/h17-19,21-25,27-28,30H,5-16,20H2,1-4H3,(H,39,48)(H,40,47)(H,41,45)(H,42,46)/t22-,24-,25+,27-,28+,30+/m0/s1. The number of nitrogens with one attached hydrogen (secondary N) is 4. The highest BCUT2D eigenvalue weighted by atomic mass is 16.2. The van der Waals surface area contributed by atoms with Crippen molar-refractivity contribution in [3.8, 4) is 0 Å². The molecule has 0 spiro atoms. The number of ketones is 1. The molecule has 13 nitrogen and oxygen atoms in total. The van der Waals surface area contributed by atoms with Gasteiger partial charge in [0, 0.05) is 25.0 Å². The summed E-state index contributed by atoms with van der Waals surface area (Å²) in [5, 5.41) is 11.5. The highest BCUT2D eigenvalue weighted by Crippen LogP contribution is 2.43. The molecule has 49 heavy (non-hydrogen) atoms. The van der Waals surface area contributed by atoms with Crippen molar-refractivity contribution in [1.29, 1.82) is 0 Å². The number of carbonyl (C=O) groups excluding carboxylic acids is 6. The van der Waals surface area contributed by atoms with E-state index in [-0.39, 0.29) is 35.4 Å². The maximum Gasteiger partial charge on any atom is 0.289 e. The number of carbonyl (C=O) groups is 6. The molecule has 0 bridgehead atoms. The molecule has 3 aliphatic carbocycles. The van der Waals surface area contributed by atoms with E-state index in [0.717, 1.165) is 64.2 Å². The summed E-state index contributed by atoms with van der Waals surface area (Å²) in [4.78, 5) is 91.4. The second kappa shape index (κ2) is 15.8. The smallest absolute Gasteiger partial charge is 0.289 e. The van der Waals surface area contributed by atoms with Crippen LogP contribution in [0.3, 0.4) is 0 Å². The Balaban J connectivity index is 1.36. The highest BCUT2D eigenvalue weighted by molar-refractivity contribution is 6.38. The third-order valence-electron chi connectivity index (χ3n) is 10.7. The number of amides is 5. The molecule has 4 fully saturated rings. The highest BCUT2D eigenvalue weighted by Gasteiger charge is 2.52. The normalized spacial score (nSPS) is 24.2. The molecule has 1 aromatic rings. The molecular formula is C36H53N7O6. The predicted molar refractivity (Wildman–Crippen MR) is 181 cm³/mol. The molecule has 0 unspecified atom stereocenters. The number of Topliss-reactive ketones (excluding diaryl/α,β-unsaturated/α-hetero) is 1. The first-order valence-corrected chi connectivity index (χ1v) is 18.2. The summed E-state index contributed by atoms with van der Waals surface area (Å²) in [6.45, 7) is 7.85. The molecule has 0 aromatic carbocycles. The van der Waals surface area contributed by atoms with Crippen molar-refractivity contribution in [3.63, 3.8) is 0 Å². The zero-order valence-electron chi connectivity index (χ0n) is 29.3. The van der Waals surface area contributed by atoms with Crippen LogP contribution in [0.5, 0.6) is 0 Å². The average Bonchev–Trinajstić information content (AvgIpc) is 3.65. The first-order chi connectivity index (χ1) is 23.4. The Morgan fingerprint density at radius 2 is 1.63 bits per heavy atom. The van der Waals surface area contributed by atoms with Crippen molar-refractivity contribution in [2.24, 2.45) is 23.2 Å². The maximum absolute atomic E-state index is 14.6. The van der Waals surface area contributed by atoms with E-state index in [1.807, 2.05) is 27.7 Å². The van der Waals surface area contributed by atoms with Gasteiger partial charge in [-0.3, -0.25) is 33.8 Å². The summed E-state index contributed by atoms with van der Waals surface area (Å²) in [6.07, 6.45) is 13.9. The molecule has 1 saturated heterocycles. The number of likely N-dealkylation sites (tertiary alicyclic amines) is 1. The minimum atomic E-state index is -0.994. The second-order valence-electron chi connectivity index (χ2n) is 15.5. The maximum atomic E-state index is 14.6. The Morgan fingerprint density at radius 3 is 2.27 bits per heavy atom. The Hall–Kier alpha value is -3.90. The summed E-state index contributed by atoms with van der Waals surface area (Å²) in [5.41, 5.74) is -0.638. The van der Waals surface area contributed by atoms with Gasteiger partial charge in [0.05, 0.1) is 12.2 Å². The third-order valence-corrected chi connectivity index (χ3v) is 10.7. The Bertz CT molecular complexity index is 1390. The molecule has 0 radical (unpaired) electrons. The van der Waals surface area contributed by atoms with Gasteiger partial charge in [0.1, 0.15) is 23.8 Å². The van der Waals surface area contributed by atoms with E-state index in [0.29, 0.717) is 19.4 Å². The van der Waals surface area contributed by atoms with Crippen LogP contribution in [0.25, 0.3) is 0 Å². The fraction of sp³-hybridized carbons (Fsp3) is 0.722. The van der Waals surface area contributed by atoms with E-state index in [9.17, 15) is 28.8 Å². The lowest BCUT2D eigenvalue weighted by molar-refractivity contribution is -0.146. The predicted octanol–water partition coefficient (Wildman–Crippen LogP) is 2.45. The van der Waals surface area contributed by atoms with E-state index in [1.165, 1.54) is 18.6 Å². The third kappa shape index (κ3) is 8.83. The van der Waals surface area contributed by atoms with Crippen molar-refractivity contribution in [2.75, 3.05) is 6.54 Å². The minimum absolute atomic E-state index is 0.0132. The Kier molecular flexibility index (Phi) is 11.7. The van der Waals surface area contributed by atoms with Gasteiger partial charge in [0.25, 0.3) is 11.8 Å². The van der Waals surface area contributed by atoms with Crippen molar-refractivity contribution in [2.45, 2.75) is 135 Å². The van der Waals surface area contributed by atoms with Gasteiger partial charge in [-0.1, -0.05) is 59.8 Å². The van der Waals surface area contributed by atoms with Gasteiger partial charge in [-0.15, -0.1) is 0 Å². The number of fused-ring (bicyclic) bond motifs is 1. The van der Waals surface area contributed by atoms with Gasteiger partial charge >= 0.3 is 0 Å². The average molecular weight is 680 g/mol. The van der Waals surface area contributed by atoms with Crippen LogP contribution >= 0.6 is 0 Å². The molecule has 1 aromatic heterocycles. The first-order valence-electron chi connectivity index (χ1n) is 18.2. The summed E-state index contributed by atoms with van der Waals surface area (Å²) in [5.74, 6) is -3.20. The van der Waals surface area contributed by atoms with E-state index in [2.05, 4.69) is 31.2 Å². The Morgan fingerprint density at radius 1 is 0.898 bits per heavy atom. The molecule has 4 N–H and O–H groups in total. The number of hydrogen-bond acceptors (Lipinski definition) is 8. The van der Waals surface area contributed by atoms with E-state index in [4.69, 9.17) is 0 Å². The lowest BCUT2D eigenvalue weighted by atomic mass is 9.82. The van der Waals surface area contributed by atoms with Crippen molar-refractivity contribution >= 4 is 35.3 Å². The molecule has 4 aliphatic rings. The molecule has 3 saturated carbocycles. The molecule has 13 heteroatoms.